The van der Waals surface area contributed by atoms with Crippen molar-refractivity contribution in [3.8, 4) is 0 Å². The highest BCUT2D eigenvalue weighted by Gasteiger charge is 2.32. The summed E-state index contributed by atoms with van der Waals surface area (Å²) in [6, 6.07) is 4.62. The fourth-order valence-corrected chi connectivity index (χ4v) is 1.92. The lowest BCUT2D eigenvalue weighted by atomic mass is 10.0. The average Bonchev–Trinajstić information content (AvgIpc) is 2.28. The van der Waals surface area contributed by atoms with E-state index in [4.69, 9.17) is 4.74 Å². The maximum atomic E-state index is 12.7. The van der Waals surface area contributed by atoms with E-state index in [1.165, 1.54) is 19.1 Å². The van der Waals surface area contributed by atoms with Gasteiger partial charge in [-0.1, -0.05) is 12.1 Å². The number of aryl methyl sites for hydroxylation is 1. The Labute approximate surface area is 104 Å². The zero-order valence-corrected chi connectivity index (χ0v) is 10.3. The third kappa shape index (κ3) is 2.84. The van der Waals surface area contributed by atoms with E-state index in [0.717, 1.165) is 6.54 Å². The van der Waals surface area contributed by atoms with Gasteiger partial charge in [0.1, 0.15) is 0 Å². The van der Waals surface area contributed by atoms with Crippen molar-refractivity contribution < 1.29 is 17.9 Å². The van der Waals surface area contributed by atoms with Gasteiger partial charge in [0.05, 0.1) is 18.3 Å². The van der Waals surface area contributed by atoms with Gasteiger partial charge < -0.3 is 10.1 Å². The Morgan fingerprint density at radius 1 is 1.39 bits per heavy atom. The van der Waals surface area contributed by atoms with Gasteiger partial charge in [-0.3, -0.25) is 0 Å². The number of hydrogen-bond donors (Lipinski definition) is 1. The summed E-state index contributed by atoms with van der Waals surface area (Å²) < 4.78 is 43.7. The summed E-state index contributed by atoms with van der Waals surface area (Å²) in [4.78, 5) is 0. The lowest BCUT2D eigenvalue weighted by Crippen LogP contribution is -2.56. The van der Waals surface area contributed by atoms with Crippen molar-refractivity contribution in [2.45, 2.75) is 38.8 Å². The average molecular weight is 259 g/mol. The van der Waals surface area contributed by atoms with Gasteiger partial charge in [-0.15, -0.1) is 0 Å². The molecule has 18 heavy (non-hydrogen) atoms. The largest absolute Gasteiger partial charge is 0.416 e. The predicted molar refractivity (Wildman–Crippen MR) is 62.2 cm³/mol. The molecule has 0 aliphatic carbocycles. The van der Waals surface area contributed by atoms with Crippen LogP contribution < -0.4 is 5.32 Å². The van der Waals surface area contributed by atoms with Crippen LogP contribution in [-0.2, 0) is 17.5 Å². The molecular weight excluding hydrogens is 243 g/mol. The Bertz CT molecular complexity index is 431. The summed E-state index contributed by atoms with van der Waals surface area (Å²) in [5, 5.41) is 3.13. The second-order valence-corrected chi connectivity index (χ2v) is 4.69. The first-order chi connectivity index (χ1) is 8.38. The topological polar surface area (TPSA) is 21.3 Å². The molecule has 2 nitrogen and oxygen atoms in total. The fourth-order valence-electron chi connectivity index (χ4n) is 1.92. The molecule has 1 aliphatic rings. The summed E-state index contributed by atoms with van der Waals surface area (Å²) in [6.45, 7) is 4.44. The third-order valence-electron chi connectivity index (χ3n) is 3.27. The molecule has 5 heteroatoms. The minimum absolute atomic E-state index is 0.0978. The Kier molecular flexibility index (Phi) is 3.64. The van der Waals surface area contributed by atoms with Crippen LogP contribution in [0, 0.1) is 6.92 Å². The highest BCUT2D eigenvalue weighted by atomic mass is 19.4. The highest BCUT2D eigenvalue weighted by Crippen LogP contribution is 2.32. The van der Waals surface area contributed by atoms with E-state index in [0.29, 0.717) is 5.56 Å². The van der Waals surface area contributed by atoms with Gasteiger partial charge in [-0.25, -0.2) is 0 Å². The third-order valence-corrected chi connectivity index (χ3v) is 3.27. The molecule has 2 unspecified atom stereocenters. The van der Waals surface area contributed by atoms with Crippen LogP contribution >= 0.6 is 0 Å². The predicted octanol–water partition coefficient (Wildman–Crippen LogP) is 2.89. The molecule has 1 aliphatic heterocycles. The maximum absolute atomic E-state index is 12.7. The Hall–Kier alpha value is -1.07. The minimum Gasteiger partial charge on any atom is -0.371 e. The van der Waals surface area contributed by atoms with E-state index in [-0.39, 0.29) is 24.3 Å². The van der Waals surface area contributed by atoms with Gasteiger partial charge in [0.25, 0.3) is 0 Å². The van der Waals surface area contributed by atoms with E-state index < -0.39 is 11.7 Å². The van der Waals surface area contributed by atoms with Gasteiger partial charge in [-0.05, 0) is 31.0 Å². The van der Waals surface area contributed by atoms with Crippen LogP contribution in [0.5, 0.6) is 0 Å². The van der Waals surface area contributed by atoms with E-state index in [2.05, 4.69) is 5.32 Å². The van der Waals surface area contributed by atoms with Gasteiger partial charge in [-0.2, -0.15) is 13.2 Å². The summed E-state index contributed by atoms with van der Waals surface area (Å²) in [5.74, 6) is 0. The number of benzene rings is 1. The smallest absolute Gasteiger partial charge is 0.371 e. The molecular formula is C13H16F3NO. The fraction of sp³-hybridized carbons (Fsp3) is 0.538. The van der Waals surface area contributed by atoms with E-state index in [9.17, 15) is 13.2 Å². The summed E-state index contributed by atoms with van der Waals surface area (Å²) in [7, 11) is 0. The van der Waals surface area contributed by atoms with Crippen molar-refractivity contribution >= 4 is 0 Å². The lowest BCUT2D eigenvalue weighted by molar-refractivity contribution is -0.138. The van der Waals surface area contributed by atoms with Crippen LogP contribution in [0.15, 0.2) is 18.2 Å². The quantitative estimate of drug-likeness (QED) is 0.901. The monoisotopic (exact) mass is 259 g/mol. The van der Waals surface area contributed by atoms with Gasteiger partial charge >= 0.3 is 6.18 Å². The Morgan fingerprint density at radius 3 is 2.61 bits per heavy atom. The molecule has 0 radical (unpaired) electrons. The Morgan fingerprint density at radius 2 is 2.11 bits per heavy atom. The van der Waals surface area contributed by atoms with E-state index in [1.807, 2.05) is 6.92 Å². The molecule has 1 N–H and O–H groups in total. The summed E-state index contributed by atoms with van der Waals surface area (Å²) in [5.41, 5.74) is 0.223. The van der Waals surface area contributed by atoms with Crippen LogP contribution in [0.25, 0.3) is 0 Å². The van der Waals surface area contributed by atoms with Crippen LogP contribution in [0.3, 0.4) is 0 Å². The van der Waals surface area contributed by atoms with Crippen molar-refractivity contribution in [1.29, 1.82) is 0 Å². The first kappa shape index (κ1) is 13.4. The molecule has 0 amide bonds. The van der Waals surface area contributed by atoms with E-state index >= 15 is 0 Å². The lowest BCUT2D eigenvalue weighted by Gasteiger charge is -2.35. The second kappa shape index (κ2) is 4.90. The van der Waals surface area contributed by atoms with Crippen molar-refractivity contribution in [1.82, 2.24) is 5.32 Å². The number of rotatable bonds is 3. The number of nitrogens with one attached hydrogen (secondary N) is 1. The zero-order valence-electron chi connectivity index (χ0n) is 10.3. The molecule has 1 heterocycles. The maximum Gasteiger partial charge on any atom is 0.416 e. The zero-order chi connectivity index (χ0) is 13.3. The van der Waals surface area contributed by atoms with Crippen molar-refractivity contribution in [2.24, 2.45) is 0 Å². The number of ether oxygens (including phenoxy) is 1. The molecule has 2 atom stereocenters. The summed E-state index contributed by atoms with van der Waals surface area (Å²) in [6.07, 6.45) is -4.20. The van der Waals surface area contributed by atoms with E-state index in [1.54, 1.807) is 6.07 Å². The molecule has 0 spiro atoms. The van der Waals surface area contributed by atoms with Crippen LogP contribution in [0.4, 0.5) is 13.2 Å². The molecule has 100 valence electrons. The molecule has 2 rings (SSSR count). The van der Waals surface area contributed by atoms with Crippen molar-refractivity contribution in [3.05, 3.63) is 34.9 Å². The van der Waals surface area contributed by atoms with Crippen LogP contribution in [0.1, 0.15) is 23.6 Å². The first-order valence-corrected chi connectivity index (χ1v) is 5.89. The van der Waals surface area contributed by atoms with Gasteiger partial charge in [0.2, 0.25) is 0 Å². The van der Waals surface area contributed by atoms with Crippen molar-refractivity contribution in [3.63, 3.8) is 0 Å². The molecule has 0 saturated carbocycles. The number of halogens is 3. The van der Waals surface area contributed by atoms with Gasteiger partial charge in [0, 0.05) is 12.6 Å². The molecule has 1 aromatic rings. The highest BCUT2D eigenvalue weighted by molar-refractivity contribution is 5.33. The molecule has 0 aromatic heterocycles. The molecule has 0 bridgehead atoms. The molecule has 1 fully saturated rings. The number of alkyl halides is 3. The normalized spacial score (nSPS) is 23.8. The molecule has 1 saturated heterocycles. The van der Waals surface area contributed by atoms with Gasteiger partial charge in [0.15, 0.2) is 0 Å². The minimum atomic E-state index is -4.30. The molecule has 1 aromatic carbocycles. The summed E-state index contributed by atoms with van der Waals surface area (Å²) >= 11 is 0. The Balaban J connectivity index is 2.05. The van der Waals surface area contributed by atoms with Crippen molar-refractivity contribution in [2.75, 3.05) is 6.54 Å². The standard InChI is InChI=1S/C13H16F3NO/c1-8-3-4-10(5-11(8)13(14,15)16)7-18-12-6-17-9(12)2/h3-5,9,12,17H,6-7H2,1-2H3. The first-order valence-electron chi connectivity index (χ1n) is 5.89. The van der Waals surface area contributed by atoms with Crippen LogP contribution in [-0.4, -0.2) is 18.7 Å². The second-order valence-electron chi connectivity index (χ2n) is 4.69. The van der Waals surface area contributed by atoms with Crippen LogP contribution in [0.2, 0.25) is 0 Å². The SMILES string of the molecule is Cc1ccc(COC2CNC2C)cc1C(F)(F)F. The number of hydrogen-bond acceptors (Lipinski definition) is 2.